The minimum Gasteiger partial charge on any atom is -0.469 e. The molecule has 1 saturated carbocycles. The molecule has 1 fully saturated rings. The molecule has 1 aromatic carbocycles. The van der Waals surface area contributed by atoms with Crippen LogP contribution in [0, 0.1) is 5.92 Å². The number of rotatable bonds is 9. The van der Waals surface area contributed by atoms with Crippen molar-refractivity contribution in [1.82, 2.24) is 19.9 Å². The van der Waals surface area contributed by atoms with Crippen LogP contribution in [-0.4, -0.2) is 46.1 Å². The van der Waals surface area contributed by atoms with E-state index < -0.39 is 42.8 Å². The van der Waals surface area contributed by atoms with Gasteiger partial charge >= 0.3 is 12.1 Å². The summed E-state index contributed by atoms with van der Waals surface area (Å²) in [7, 11) is 1.11. The lowest BCUT2D eigenvalue weighted by molar-refractivity contribution is -0.143. The zero-order valence-electron chi connectivity index (χ0n) is 20.7. The molecule has 12 heteroatoms. The number of hydrogen-bond donors (Lipinski definition) is 1. The fraction of sp³-hybridized carbons (Fsp3) is 0.462. The summed E-state index contributed by atoms with van der Waals surface area (Å²) in [6.45, 7) is 0.0251. The number of fused-ring (bicyclic) bond motifs is 1. The average molecular weight is 537 g/mol. The van der Waals surface area contributed by atoms with Gasteiger partial charge in [-0.05, 0) is 36.0 Å². The number of ether oxygens (including phenoxy) is 2. The van der Waals surface area contributed by atoms with Crippen LogP contribution in [0.1, 0.15) is 60.9 Å². The first-order chi connectivity index (χ1) is 18.1. The molecule has 2 heterocycles. The first-order valence-corrected chi connectivity index (χ1v) is 12.2. The van der Waals surface area contributed by atoms with Crippen LogP contribution in [0.5, 0.6) is 0 Å². The number of halogens is 4. The van der Waals surface area contributed by atoms with Crippen molar-refractivity contribution < 1.29 is 36.6 Å². The Kier molecular flexibility index (Phi) is 8.48. The van der Waals surface area contributed by atoms with Crippen LogP contribution in [0.4, 0.5) is 22.4 Å². The van der Waals surface area contributed by atoms with Gasteiger partial charge in [-0.3, -0.25) is 4.79 Å². The number of methoxy groups -OCH3 is 1. The number of aromatic nitrogens is 3. The van der Waals surface area contributed by atoms with Gasteiger partial charge in [-0.15, -0.1) is 0 Å². The highest BCUT2D eigenvalue weighted by Gasteiger charge is 2.39. The monoisotopic (exact) mass is 536 g/mol. The van der Waals surface area contributed by atoms with E-state index in [0.29, 0.717) is 5.69 Å². The van der Waals surface area contributed by atoms with E-state index in [2.05, 4.69) is 20.1 Å². The van der Waals surface area contributed by atoms with Crippen LogP contribution in [0.3, 0.4) is 0 Å². The molecule has 1 N–H and O–H groups in total. The summed E-state index contributed by atoms with van der Waals surface area (Å²) in [6, 6.07) is 9.75. The molecule has 2 aromatic heterocycles. The van der Waals surface area contributed by atoms with E-state index in [4.69, 9.17) is 4.74 Å². The second-order valence-electron chi connectivity index (χ2n) is 9.34. The summed E-state index contributed by atoms with van der Waals surface area (Å²) < 4.78 is 65.3. The van der Waals surface area contributed by atoms with Crippen LogP contribution in [0.25, 0.3) is 5.65 Å². The molecule has 4 rings (SSSR count). The van der Waals surface area contributed by atoms with Crippen molar-refractivity contribution in [3.05, 3.63) is 65.6 Å². The molecule has 8 nitrogen and oxygen atoms in total. The predicted molar refractivity (Wildman–Crippen MR) is 128 cm³/mol. The number of carbonyl (C=O) groups is 2. The maximum Gasteiger partial charge on any atom is 0.408 e. The number of amides is 1. The van der Waals surface area contributed by atoms with Gasteiger partial charge in [0.2, 0.25) is 12.3 Å². The van der Waals surface area contributed by atoms with E-state index in [9.17, 15) is 27.2 Å². The van der Waals surface area contributed by atoms with E-state index in [0.717, 1.165) is 12.7 Å². The van der Waals surface area contributed by atoms with Crippen molar-refractivity contribution in [2.45, 2.75) is 63.0 Å². The molecule has 0 radical (unpaired) electrons. The molecule has 1 aliphatic carbocycles. The number of nitrogens with zero attached hydrogens (tertiary/aromatic N) is 3. The van der Waals surface area contributed by atoms with E-state index in [1.165, 1.54) is 23.0 Å². The molecule has 38 heavy (non-hydrogen) atoms. The zero-order valence-corrected chi connectivity index (χ0v) is 20.7. The highest BCUT2D eigenvalue weighted by atomic mass is 19.3. The normalized spacial score (nSPS) is 17.2. The van der Waals surface area contributed by atoms with Gasteiger partial charge in [0, 0.05) is 19.3 Å². The summed E-state index contributed by atoms with van der Waals surface area (Å²) in [5.41, 5.74) is 1.58. The van der Waals surface area contributed by atoms with Crippen molar-refractivity contribution >= 4 is 17.7 Å². The van der Waals surface area contributed by atoms with Gasteiger partial charge in [0.15, 0.2) is 5.65 Å². The average Bonchev–Trinajstić information content (AvgIpc) is 3.32. The van der Waals surface area contributed by atoms with Gasteiger partial charge in [0.25, 0.3) is 0 Å². The lowest BCUT2D eigenvalue weighted by Crippen LogP contribution is -2.37. The minimum atomic E-state index is -2.77. The summed E-state index contributed by atoms with van der Waals surface area (Å²) in [5, 5.41) is 6.96. The lowest BCUT2D eigenvalue weighted by atomic mass is 9.81. The largest absolute Gasteiger partial charge is 0.469 e. The maximum atomic E-state index is 13.9. The van der Waals surface area contributed by atoms with Gasteiger partial charge in [0.05, 0.1) is 37.2 Å². The highest BCUT2D eigenvalue weighted by molar-refractivity contribution is 5.78. The third-order valence-corrected chi connectivity index (χ3v) is 6.70. The summed E-state index contributed by atoms with van der Waals surface area (Å²) in [4.78, 5) is 29.3. The smallest absolute Gasteiger partial charge is 0.408 e. The third kappa shape index (κ3) is 6.78. The van der Waals surface area contributed by atoms with Gasteiger partial charge in [-0.25, -0.2) is 31.9 Å². The van der Waals surface area contributed by atoms with E-state index >= 15 is 0 Å². The Morgan fingerprint density at radius 3 is 2.55 bits per heavy atom. The third-order valence-electron chi connectivity index (χ3n) is 6.70. The van der Waals surface area contributed by atoms with E-state index in [1.54, 1.807) is 12.1 Å². The standard InChI is InChI=1S/C26H28F4N4O4/c1-37-24(35)19(12-21(27)28)18-11-22-32-20(14-34(22)31-13-18)23(17-7-9-26(29,30)10-8-17)33-25(36)38-15-16-5-3-2-4-6-16/h2-6,11,13-14,17,19,21,23H,7-10,12,15H2,1H3,(H,33,36). The van der Waals surface area contributed by atoms with Crippen LogP contribution in [0.2, 0.25) is 0 Å². The Morgan fingerprint density at radius 1 is 1.18 bits per heavy atom. The first-order valence-electron chi connectivity index (χ1n) is 12.2. The number of hydrogen-bond acceptors (Lipinski definition) is 6. The number of imidazole rings is 1. The molecule has 0 spiro atoms. The Hall–Kier alpha value is -3.70. The van der Waals surface area contributed by atoms with Crippen molar-refractivity contribution in [2.24, 2.45) is 5.92 Å². The molecule has 0 saturated heterocycles. The van der Waals surface area contributed by atoms with Crippen LogP contribution < -0.4 is 5.32 Å². The summed E-state index contributed by atoms with van der Waals surface area (Å²) in [5.74, 6) is -5.17. The van der Waals surface area contributed by atoms with E-state index in [-0.39, 0.29) is 49.4 Å². The van der Waals surface area contributed by atoms with Crippen LogP contribution >= 0.6 is 0 Å². The molecule has 2 atom stereocenters. The summed E-state index contributed by atoms with van der Waals surface area (Å²) >= 11 is 0. The van der Waals surface area contributed by atoms with Gasteiger partial charge in [-0.2, -0.15) is 5.10 Å². The number of benzene rings is 1. The fourth-order valence-electron chi connectivity index (χ4n) is 4.66. The molecule has 0 bridgehead atoms. The molecule has 0 aliphatic heterocycles. The molecular weight excluding hydrogens is 508 g/mol. The molecule has 2 unspecified atom stereocenters. The maximum absolute atomic E-state index is 13.9. The van der Waals surface area contributed by atoms with Gasteiger partial charge in [0.1, 0.15) is 6.61 Å². The SMILES string of the molecule is COC(=O)C(CC(F)F)c1cnn2cc(C(NC(=O)OCc3ccccc3)C3CCC(F)(F)CC3)nc2c1. The minimum absolute atomic E-state index is 0.0251. The second kappa shape index (κ2) is 11.8. The predicted octanol–water partition coefficient (Wildman–Crippen LogP) is 5.43. The highest BCUT2D eigenvalue weighted by Crippen LogP contribution is 2.41. The molecule has 1 aliphatic rings. The van der Waals surface area contributed by atoms with Crippen molar-refractivity contribution in [3.63, 3.8) is 0 Å². The van der Waals surface area contributed by atoms with Crippen LogP contribution in [0.15, 0.2) is 48.8 Å². The number of alkyl halides is 4. The second-order valence-corrected chi connectivity index (χ2v) is 9.34. The summed E-state index contributed by atoms with van der Waals surface area (Å²) in [6.07, 6.45) is -1.74. The molecule has 1 amide bonds. The topological polar surface area (TPSA) is 94.8 Å². The Bertz CT molecular complexity index is 1240. The number of alkyl carbamates (subject to hydrolysis) is 1. The van der Waals surface area contributed by atoms with Crippen molar-refractivity contribution in [1.29, 1.82) is 0 Å². The molecule has 204 valence electrons. The number of esters is 1. The van der Waals surface area contributed by atoms with Crippen molar-refractivity contribution in [3.8, 4) is 0 Å². The van der Waals surface area contributed by atoms with Crippen LogP contribution in [-0.2, 0) is 20.9 Å². The Labute approximate surface area is 216 Å². The lowest BCUT2D eigenvalue weighted by Gasteiger charge is -2.33. The first kappa shape index (κ1) is 27.3. The quantitative estimate of drug-likeness (QED) is 0.289. The van der Waals surface area contributed by atoms with Crippen molar-refractivity contribution in [2.75, 3.05) is 7.11 Å². The fourth-order valence-corrected chi connectivity index (χ4v) is 4.66. The number of carbonyl (C=O) groups excluding carboxylic acids is 2. The van der Waals surface area contributed by atoms with Gasteiger partial charge in [-0.1, -0.05) is 30.3 Å². The molecule has 3 aromatic rings. The van der Waals surface area contributed by atoms with Gasteiger partial charge < -0.3 is 14.8 Å². The van der Waals surface area contributed by atoms with E-state index in [1.807, 2.05) is 18.2 Å². The number of nitrogens with one attached hydrogen (secondary N) is 1. The molecular formula is C26H28F4N4O4. The Balaban J connectivity index is 1.58. The zero-order chi connectivity index (χ0) is 27.3. The Morgan fingerprint density at radius 2 is 1.89 bits per heavy atom.